The summed E-state index contributed by atoms with van der Waals surface area (Å²) < 4.78 is 6.04. The van der Waals surface area contributed by atoms with Gasteiger partial charge in [0.15, 0.2) is 0 Å². The van der Waals surface area contributed by atoms with Gasteiger partial charge in [-0.15, -0.1) is 0 Å². The van der Waals surface area contributed by atoms with E-state index >= 15 is 0 Å². The quantitative estimate of drug-likeness (QED) is 0.164. The first-order chi connectivity index (χ1) is 28.2. The molecule has 0 amide bonds. The molecule has 59 heavy (non-hydrogen) atoms. The van der Waals surface area contributed by atoms with E-state index in [1.165, 1.54) is 100 Å². The Hall–Kier alpha value is -1.87. The van der Waals surface area contributed by atoms with Crippen molar-refractivity contribution in [1.29, 1.82) is 0 Å². The maximum atomic E-state index is 11.9. The Bertz CT molecular complexity index is 1860. The second-order valence-corrected chi connectivity index (χ2v) is 19.8. The van der Waals surface area contributed by atoms with Crippen LogP contribution in [-0.4, -0.2) is 24.1 Å². The van der Waals surface area contributed by atoms with Crippen molar-refractivity contribution in [3.8, 4) is 22.3 Å². The van der Waals surface area contributed by atoms with Crippen LogP contribution in [0.1, 0.15) is 102 Å². The van der Waals surface area contributed by atoms with E-state index in [2.05, 4.69) is 72.2 Å². The fourth-order valence-electron chi connectivity index (χ4n) is 11.5. The van der Waals surface area contributed by atoms with Crippen LogP contribution >= 0.6 is 39.1 Å². The summed E-state index contributed by atoms with van der Waals surface area (Å²) >= 11 is 15.4. The molecule has 4 aromatic rings. The van der Waals surface area contributed by atoms with Crippen molar-refractivity contribution >= 4 is 44.9 Å². The first-order valence-electron chi connectivity index (χ1n) is 22.1. The number of unbranched alkanes of at least 4 members (excludes halogenated alkanes) is 1. The average Bonchev–Trinajstić information content (AvgIpc) is 3.84. The Kier molecular flexibility index (Phi) is 17.4. The maximum Gasteiger partial charge on any atom is 1.00 e. The van der Waals surface area contributed by atoms with Gasteiger partial charge in [0.1, 0.15) is 5.78 Å². The van der Waals surface area contributed by atoms with Crippen LogP contribution in [0.25, 0.3) is 22.3 Å². The van der Waals surface area contributed by atoms with Crippen LogP contribution < -0.4 is 18.9 Å². The predicted molar refractivity (Wildman–Crippen MR) is 245 cm³/mol. The molecule has 0 atom stereocenters. The fourth-order valence-corrected chi connectivity index (χ4v) is 12.3. The van der Waals surface area contributed by atoms with Crippen LogP contribution in [0.4, 0.5) is 0 Å². The van der Waals surface area contributed by atoms with Gasteiger partial charge in [0.25, 0.3) is 0 Å². The summed E-state index contributed by atoms with van der Waals surface area (Å²) in [5.74, 6) is 6.09. The molecule has 310 valence electrons. The zero-order valence-corrected chi connectivity index (χ0v) is 38.4. The van der Waals surface area contributed by atoms with E-state index in [1.54, 1.807) is 0 Å². The molecule has 1 N–H and O–H groups in total. The molecule has 13 rings (SSSR count). The molecule has 3 nitrogen and oxygen atoms in total. The summed E-state index contributed by atoms with van der Waals surface area (Å²) in [5, 5.41) is 13.5. The molecular formula is C52H62BrCl2LiO3. The molecule has 8 saturated carbocycles. The summed E-state index contributed by atoms with van der Waals surface area (Å²) in [7, 11) is 0. The van der Waals surface area contributed by atoms with E-state index in [1.807, 2.05) is 54.6 Å². The Morgan fingerprint density at radius 3 is 1.47 bits per heavy atom. The molecule has 7 heteroatoms. The monoisotopic (exact) mass is 890 g/mol. The molecule has 0 unspecified atom stereocenters. The minimum absolute atomic E-state index is 0. The largest absolute Gasteiger partial charge is 1.00 e. The van der Waals surface area contributed by atoms with Gasteiger partial charge in [-0.25, -0.2) is 0 Å². The molecular weight excluding hydrogens is 830 g/mol. The van der Waals surface area contributed by atoms with E-state index < -0.39 is 5.60 Å². The Morgan fingerprint density at radius 1 is 0.644 bits per heavy atom. The normalized spacial score (nSPS) is 30.0. The SMILES string of the molecule is C1CCOC1.Clc1ccc(-c2ccccc2Br)cc1.O=C1C2CC3CC(C2)CC1C3.OC1(c2ccccc2-c2ccc(Cl)cc2)C2CC3CC(C2)CC1C3.[CH2-]CCC.[Li+]. The van der Waals surface area contributed by atoms with Crippen LogP contribution in [-0.2, 0) is 15.1 Å². The van der Waals surface area contributed by atoms with Gasteiger partial charge in [-0.3, -0.25) is 4.79 Å². The number of hydrogen-bond donors (Lipinski definition) is 1. The molecule has 1 heterocycles. The van der Waals surface area contributed by atoms with Crippen molar-refractivity contribution in [3.05, 3.63) is 124 Å². The third kappa shape index (κ3) is 11.4. The topological polar surface area (TPSA) is 46.5 Å². The Balaban J connectivity index is 0.000000142. The van der Waals surface area contributed by atoms with Crippen LogP contribution in [0.2, 0.25) is 10.0 Å². The fraction of sp³-hybridized carbons (Fsp3) is 0.500. The van der Waals surface area contributed by atoms with Gasteiger partial charge in [0.05, 0.1) is 5.60 Å². The first-order valence-corrected chi connectivity index (χ1v) is 23.7. The third-order valence-electron chi connectivity index (χ3n) is 14.0. The molecule has 0 aromatic heterocycles. The van der Waals surface area contributed by atoms with Gasteiger partial charge in [-0.1, -0.05) is 119 Å². The number of hydrogen-bond acceptors (Lipinski definition) is 3. The van der Waals surface area contributed by atoms with Crippen molar-refractivity contribution in [3.63, 3.8) is 0 Å². The van der Waals surface area contributed by atoms with Crippen molar-refractivity contribution in [2.45, 2.75) is 102 Å². The number of rotatable bonds is 4. The Labute approximate surface area is 385 Å². The van der Waals surface area contributed by atoms with Gasteiger partial charge in [0.2, 0.25) is 0 Å². The number of carbonyl (C=O) groups excluding carboxylic acids is 1. The van der Waals surface area contributed by atoms with E-state index in [0.717, 1.165) is 69.0 Å². The third-order valence-corrected chi connectivity index (χ3v) is 15.2. The van der Waals surface area contributed by atoms with Gasteiger partial charge < -0.3 is 16.8 Å². The summed E-state index contributed by atoms with van der Waals surface area (Å²) in [6, 6.07) is 32.5. The summed E-state index contributed by atoms with van der Waals surface area (Å²) in [4.78, 5) is 11.6. The second-order valence-electron chi connectivity index (χ2n) is 18.0. The molecule has 9 aliphatic rings. The standard InChI is InChI=1S/C22H23ClO.C12H8BrCl.C10H14O.C4H8O.C4H9.Li/c23-19-7-5-16(6-8-19)20-3-1-2-4-21(20)22(24)17-10-14-9-15(12-17)13-18(22)11-14;13-12-4-2-1-3-11(12)9-5-7-10(14)8-6-9;11-10-8-2-6-1-7(4-8)5-9(10)3-6;1-2-4-5-3-1;1-3-4-2;/h1-8,14-15,17-18,24H,9-13H2;1-8H;6-9H,1-5H2;1-4H2;1,3-4H2,2H3;/q;;;;-1;+1. The number of ether oxygens (including phenoxy) is 1. The molecule has 0 spiro atoms. The first kappa shape index (κ1) is 46.6. The molecule has 0 radical (unpaired) electrons. The molecule has 9 fully saturated rings. The van der Waals surface area contributed by atoms with Crippen molar-refractivity contribution in [1.82, 2.24) is 0 Å². The summed E-state index contributed by atoms with van der Waals surface area (Å²) in [6.45, 7) is 7.72. The van der Waals surface area contributed by atoms with Gasteiger partial charge in [-0.2, -0.15) is 6.42 Å². The van der Waals surface area contributed by atoms with Crippen molar-refractivity contribution in [2.75, 3.05) is 13.2 Å². The second kappa shape index (κ2) is 22.0. The summed E-state index contributed by atoms with van der Waals surface area (Å²) in [6.07, 6.45) is 17.5. The Morgan fingerprint density at radius 2 is 1.05 bits per heavy atom. The van der Waals surface area contributed by atoms with Crippen LogP contribution in [0, 0.1) is 54.3 Å². The van der Waals surface area contributed by atoms with E-state index in [-0.39, 0.29) is 18.9 Å². The van der Waals surface area contributed by atoms with E-state index in [9.17, 15) is 9.90 Å². The van der Waals surface area contributed by atoms with Crippen LogP contribution in [0.5, 0.6) is 0 Å². The minimum Gasteiger partial charge on any atom is -0.385 e. The number of benzene rings is 4. The van der Waals surface area contributed by atoms with Gasteiger partial charge in [-0.05, 0) is 171 Å². The van der Waals surface area contributed by atoms with Gasteiger partial charge in [0, 0.05) is 39.6 Å². The molecule has 1 aliphatic heterocycles. The predicted octanol–water partition coefficient (Wildman–Crippen LogP) is 11.9. The number of ketones is 1. The van der Waals surface area contributed by atoms with Crippen molar-refractivity contribution in [2.24, 2.45) is 47.3 Å². The zero-order valence-electron chi connectivity index (χ0n) is 35.3. The van der Waals surface area contributed by atoms with Crippen molar-refractivity contribution < 1.29 is 33.5 Å². The van der Waals surface area contributed by atoms with E-state index in [4.69, 9.17) is 27.9 Å². The number of halogens is 3. The number of Topliss-reactive ketones (excluding diaryl/α,β-unsaturated/α-hetero) is 1. The van der Waals surface area contributed by atoms with Crippen LogP contribution in [0.3, 0.4) is 0 Å². The smallest absolute Gasteiger partial charge is 0.385 e. The van der Waals surface area contributed by atoms with E-state index in [0.29, 0.717) is 29.5 Å². The van der Waals surface area contributed by atoms with Gasteiger partial charge >= 0.3 is 18.9 Å². The summed E-state index contributed by atoms with van der Waals surface area (Å²) in [5.41, 5.74) is 5.16. The maximum absolute atomic E-state index is 11.9. The zero-order chi connectivity index (χ0) is 40.6. The molecule has 1 saturated heterocycles. The molecule has 8 bridgehead atoms. The number of aliphatic hydroxyl groups is 1. The molecule has 4 aromatic carbocycles. The van der Waals surface area contributed by atoms with Crippen LogP contribution in [0.15, 0.2) is 102 Å². The molecule has 8 aliphatic carbocycles. The average molecular weight is 893 g/mol. The minimum atomic E-state index is -0.649. The number of carbonyl (C=O) groups is 1.